The Kier molecular flexibility index (Phi) is 2.50. The largest absolute Gasteiger partial charge is 0.455 e. The summed E-state index contributed by atoms with van der Waals surface area (Å²) in [6.07, 6.45) is -2.02. The van der Waals surface area contributed by atoms with E-state index in [2.05, 4.69) is 6.58 Å². The van der Waals surface area contributed by atoms with Gasteiger partial charge in [-0.2, -0.15) is 13.2 Å². The third-order valence-corrected chi connectivity index (χ3v) is 5.13. The second-order valence-electron chi connectivity index (χ2n) is 6.90. The third kappa shape index (κ3) is 1.80. The van der Waals surface area contributed by atoms with Gasteiger partial charge in [-0.15, -0.1) is 0 Å². The number of aliphatic hydroxyl groups is 1. The zero-order valence-corrected chi connectivity index (χ0v) is 11.2. The molecule has 0 heterocycles. The standard InChI is InChI=1S/C14H17F3O3/c1-8-3-11-5-12(4-8,7-13(11,19)6-11)20-10(18)9(2)14(15,16)17/h8,19H,2-7H2,1H3. The molecule has 0 saturated heterocycles. The number of halogens is 3. The van der Waals surface area contributed by atoms with Crippen LogP contribution in [0.4, 0.5) is 13.2 Å². The minimum absolute atomic E-state index is 0.229. The lowest BCUT2D eigenvalue weighted by atomic mass is 9.74. The first-order chi connectivity index (χ1) is 9.01. The predicted molar refractivity (Wildman–Crippen MR) is 63.6 cm³/mol. The molecule has 3 nitrogen and oxygen atoms in total. The van der Waals surface area contributed by atoms with Gasteiger partial charge in [-0.25, -0.2) is 4.79 Å². The smallest absolute Gasteiger partial charge is 0.422 e. The molecule has 4 atom stereocenters. The Morgan fingerprint density at radius 1 is 1.30 bits per heavy atom. The first-order valence-corrected chi connectivity index (χ1v) is 6.73. The Bertz CT molecular complexity index is 496. The first-order valence-electron chi connectivity index (χ1n) is 6.73. The fourth-order valence-corrected chi connectivity index (χ4v) is 4.55. The van der Waals surface area contributed by atoms with Crippen LogP contribution in [0, 0.1) is 11.3 Å². The molecule has 0 aliphatic heterocycles. The maximum Gasteiger partial charge on any atom is 0.422 e. The average molecular weight is 290 g/mol. The van der Waals surface area contributed by atoms with Gasteiger partial charge in [-0.05, 0) is 31.6 Å². The maximum atomic E-state index is 12.5. The molecule has 0 amide bonds. The van der Waals surface area contributed by atoms with Crippen LogP contribution in [-0.4, -0.2) is 28.5 Å². The van der Waals surface area contributed by atoms with E-state index in [9.17, 15) is 23.1 Å². The number of esters is 1. The highest BCUT2D eigenvalue weighted by Gasteiger charge is 2.78. The minimum atomic E-state index is -4.77. The van der Waals surface area contributed by atoms with E-state index in [1.165, 1.54) is 0 Å². The van der Waals surface area contributed by atoms with Gasteiger partial charge >= 0.3 is 12.1 Å². The summed E-state index contributed by atoms with van der Waals surface area (Å²) in [4.78, 5) is 11.6. The van der Waals surface area contributed by atoms with Crippen molar-refractivity contribution in [2.24, 2.45) is 11.3 Å². The normalized spacial score (nSPS) is 45.8. The lowest BCUT2D eigenvalue weighted by Crippen LogP contribution is -2.41. The molecule has 1 N–H and O–H groups in total. The SMILES string of the molecule is C=C(C(=O)OC12CC(C)CC3(C1)CC3(O)C2)C(F)(F)F. The molecule has 1 spiro atoms. The molecule has 2 bridgehead atoms. The number of hydrogen-bond donors (Lipinski definition) is 1. The topological polar surface area (TPSA) is 46.5 Å². The average Bonchev–Trinajstić information content (AvgIpc) is 2.68. The first kappa shape index (κ1) is 13.9. The Morgan fingerprint density at radius 2 is 1.95 bits per heavy atom. The van der Waals surface area contributed by atoms with Crippen molar-refractivity contribution in [1.82, 2.24) is 0 Å². The third-order valence-electron chi connectivity index (χ3n) is 5.13. The van der Waals surface area contributed by atoms with Gasteiger partial charge < -0.3 is 9.84 Å². The van der Waals surface area contributed by atoms with E-state index in [0.717, 1.165) is 6.42 Å². The van der Waals surface area contributed by atoms with Crippen molar-refractivity contribution < 1.29 is 27.8 Å². The summed E-state index contributed by atoms with van der Waals surface area (Å²) in [6.45, 7) is 4.75. The maximum absolute atomic E-state index is 12.5. The molecule has 0 radical (unpaired) electrons. The van der Waals surface area contributed by atoms with Crippen LogP contribution in [-0.2, 0) is 9.53 Å². The van der Waals surface area contributed by atoms with Gasteiger partial charge in [0.25, 0.3) is 0 Å². The summed E-state index contributed by atoms with van der Waals surface area (Å²) in [7, 11) is 0. The van der Waals surface area contributed by atoms with Crippen LogP contribution in [0.15, 0.2) is 12.2 Å². The van der Waals surface area contributed by atoms with E-state index < -0.39 is 28.9 Å². The molecule has 6 heteroatoms. The van der Waals surface area contributed by atoms with Crippen molar-refractivity contribution >= 4 is 5.97 Å². The zero-order chi connectivity index (χ0) is 15.0. The van der Waals surface area contributed by atoms with Crippen molar-refractivity contribution in [1.29, 1.82) is 0 Å². The number of ether oxygens (including phenoxy) is 1. The summed E-state index contributed by atoms with van der Waals surface area (Å²) in [6, 6.07) is 0. The molecule has 0 aromatic heterocycles. The van der Waals surface area contributed by atoms with Gasteiger partial charge in [0, 0.05) is 11.8 Å². The van der Waals surface area contributed by atoms with Crippen molar-refractivity contribution in [2.75, 3.05) is 0 Å². The predicted octanol–water partition coefficient (Wildman–Crippen LogP) is 2.73. The van der Waals surface area contributed by atoms with Crippen LogP contribution >= 0.6 is 0 Å². The fourth-order valence-electron chi connectivity index (χ4n) is 4.55. The lowest BCUT2D eigenvalue weighted by Gasteiger charge is -2.39. The van der Waals surface area contributed by atoms with E-state index >= 15 is 0 Å². The van der Waals surface area contributed by atoms with Crippen molar-refractivity contribution in [2.45, 2.75) is 56.4 Å². The molecule has 3 saturated carbocycles. The molecule has 3 aliphatic carbocycles. The molecule has 3 aliphatic rings. The number of rotatable bonds is 2. The van der Waals surface area contributed by atoms with Crippen LogP contribution in [0.5, 0.6) is 0 Å². The van der Waals surface area contributed by atoms with Gasteiger partial charge in [0.1, 0.15) is 11.2 Å². The van der Waals surface area contributed by atoms with Crippen molar-refractivity contribution in [3.63, 3.8) is 0 Å². The second kappa shape index (κ2) is 3.59. The van der Waals surface area contributed by atoms with Gasteiger partial charge in [0.2, 0.25) is 0 Å². The quantitative estimate of drug-likeness (QED) is 0.628. The molecular weight excluding hydrogens is 273 g/mol. The molecule has 3 fully saturated rings. The second-order valence-corrected chi connectivity index (χ2v) is 6.90. The number of carbonyl (C=O) groups excluding carboxylic acids is 1. The number of hydrogen-bond acceptors (Lipinski definition) is 3. The summed E-state index contributed by atoms with van der Waals surface area (Å²) < 4.78 is 42.6. The fraction of sp³-hybridized carbons (Fsp3) is 0.786. The summed E-state index contributed by atoms with van der Waals surface area (Å²) in [5.74, 6) is -1.18. The van der Waals surface area contributed by atoms with Crippen LogP contribution in [0.3, 0.4) is 0 Å². The highest BCUT2D eigenvalue weighted by Crippen LogP contribution is 2.76. The van der Waals surface area contributed by atoms with E-state index in [1.807, 2.05) is 6.92 Å². The Morgan fingerprint density at radius 3 is 2.55 bits per heavy atom. The highest BCUT2D eigenvalue weighted by molar-refractivity contribution is 5.89. The number of carbonyl (C=O) groups is 1. The summed E-state index contributed by atoms with van der Waals surface area (Å²) in [5.41, 5.74) is -3.52. The number of fused-ring (bicyclic) bond motifs is 1. The lowest BCUT2D eigenvalue weighted by molar-refractivity contribution is -0.170. The van der Waals surface area contributed by atoms with Crippen molar-refractivity contribution in [3.05, 3.63) is 12.2 Å². The van der Waals surface area contributed by atoms with Gasteiger partial charge in [0.15, 0.2) is 0 Å². The highest BCUT2D eigenvalue weighted by atomic mass is 19.4. The van der Waals surface area contributed by atoms with Gasteiger partial charge in [-0.1, -0.05) is 13.5 Å². The molecule has 0 aromatic carbocycles. The van der Waals surface area contributed by atoms with Crippen LogP contribution in [0.25, 0.3) is 0 Å². The Balaban J connectivity index is 1.78. The molecule has 112 valence electrons. The summed E-state index contributed by atoms with van der Waals surface area (Å²) in [5, 5.41) is 10.4. The molecule has 20 heavy (non-hydrogen) atoms. The van der Waals surface area contributed by atoms with E-state index in [4.69, 9.17) is 4.74 Å². The van der Waals surface area contributed by atoms with Crippen LogP contribution in [0.2, 0.25) is 0 Å². The summed E-state index contributed by atoms with van der Waals surface area (Å²) >= 11 is 0. The van der Waals surface area contributed by atoms with Gasteiger partial charge in [-0.3, -0.25) is 0 Å². The van der Waals surface area contributed by atoms with E-state index in [1.54, 1.807) is 0 Å². The van der Waals surface area contributed by atoms with Crippen molar-refractivity contribution in [3.8, 4) is 0 Å². The van der Waals surface area contributed by atoms with Gasteiger partial charge in [0.05, 0.1) is 5.60 Å². The minimum Gasteiger partial charge on any atom is -0.455 e. The zero-order valence-electron chi connectivity index (χ0n) is 11.2. The Labute approximate surface area is 114 Å². The van der Waals surface area contributed by atoms with Crippen LogP contribution < -0.4 is 0 Å². The van der Waals surface area contributed by atoms with E-state index in [0.29, 0.717) is 19.3 Å². The molecular formula is C14H17F3O3. The molecule has 0 aromatic rings. The monoisotopic (exact) mass is 290 g/mol. The van der Waals surface area contributed by atoms with E-state index in [-0.39, 0.29) is 17.8 Å². The Hall–Kier alpha value is -1.04. The van der Waals surface area contributed by atoms with Crippen LogP contribution in [0.1, 0.15) is 39.0 Å². The molecule has 4 unspecified atom stereocenters. The number of alkyl halides is 3. The molecule has 3 rings (SSSR count).